The predicted octanol–water partition coefficient (Wildman–Crippen LogP) is 1.62. The van der Waals surface area contributed by atoms with Crippen LogP contribution in [0.15, 0.2) is 0 Å². The van der Waals surface area contributed by atoms with Crippen LogP contribution in [0, 0.1) is 5.92 Å². The molecule has 108 valence electrons. The quantitative estimate of drug-likeness (QED) is 0.795. The lowest BCUT2D eigenvalue weighted by molar-refractivity contribution is -0.208. The van der Waals surface area contributed by atoms with E-state index >= 15 is 0 Å². The number of nitrogens with zero attached hydrogens (tertiary/aromatic N) is 1. The standard InChI is InChI=1S/C12H23F3N2O/c1-9(2)16-7-10-3-5-17(6-4-10)8-11(18)12(13,14)15/h9-11,16,18H,3-8H2,1-2H3. The molecule has 2 N–H and O–H groups in total. The molecule has 1 saturated heterocycles. The van der Waals surface area contributed by atoms with Crippen molar-refractivity contribution in [3.05, 3.63) is 0 Å². The van der Waals surface area contributed by atoms with Gasteiger partial charge < -0.3 is 15.3 Å². The second-order valence-electron chi connectivity index (χ2n) is 5.36. The van der Waals surface area contributed by atoms with Crippen LogP contribution < -0.4 is 5.32 Å². The second-order valence-corrected chi connectivity index (χ2v) is 5.36. The molecule has 1 aliphatic heterocycles. The Morgan fingerprint density at radius 1 is 1.28 bits per heavy atom. The van der Waals surface area contributed by atoms with Gasteiger partial charge in [-0.1, -0.05) is 13.8 Å². The van der Waals surface area contributed by atoms with Crippen molar-refractivity contribution in [2.24, 2.45) is 5.92 Å². The molecule has 3 nitrogen and oxygen atoms in total. The van der Waals surface area contributed by atoms with Gasteiger partial charge in [0.15, 0.2) is 6.10 Å². The van der Waals surface area contributed by atoms with Crippen molar-refractivity contribution in [3.8, 4) is 0 Å². The van der Waals surface area contributed by atoms with E-state index in [-0.39, 0.29) is 6.54 Å². The number of aliphatic hydroxyl groups excluding tert-OH is 1. The normalized spacial score (nSPS) is 21.5. The van der Waals surface area contributed by atoms with Crippen LogP contribution in [0.2, 0.25) is 0 Å². The Labute approximate surface area is 106 Å². The number of likely N-dealkylation sites (tertiary alicyclic amines) is 1. The van der Waals surface area contributed by atoms with E-state index in [0.29, 0.717) is 25.0 Å². The number of hydrogen-bond acceptors (Lipinski definition) is 3. The summed E-state index contributed by atoms with van der Waals surface area (Å²) in [4.78, 5) is 1.70. The number of aliphatic hydroxyl groups is 1. The maximum atomic E-state index is 12.2. The summed E-state index contributed by atoms with van der Waals surface area (Å²) in [6.45, 7) is 6.06. The lowest BCUT2D eigenvalue weighted by Gasteiger charge is -2.33. The second kappa shape index (κ2) is 6.73. The smallest absolute Gasteiger partial charge is 0.382 e. The molecule has 1 atom stereocenters. The van der Waals surface area contributed by atoms with Gasteiger partial charge in [-0.2, -0.15) is 13.2 Å². The van der Waals surface area contributed by atoms with Crippen LogP contribution in [-0.4, -0.2) is 54.5 Å². The van der Waals surface area contributed by atoms with Crippen molar-refractivity contribution in [3.63, 3.8) is 0 Å². The van der Waals surface area contributed by atoms with E-state index in [0.717, 1.165) is 19.4 Å². The Kier molecular flexibility index (Phi) is 5.88. The summed E-state index contributed by atoms with van der Waals surface area (Å²) in [5, 5.41) is 12.3. The third-order valence-corrected chi connectivity index (χ3v) is 3.33. The first-order chi connectivity index (χ1) is 8.29. The number of β-amino-alcohol motifs (C(OH)–C–C–N with tert-alkyl or cyclic N) is 1. The van der Waals surface area contributed by atoms with E-state index in [9.17, 15) is 13.2 Å². The largest absolute Gasteiger partial charge is 0.415 e. The molecule has 0 bridgehead atoms. The highest BCUT2D eigenvalue weighted by molar-refractivity contribution is 4.78. The topological polar surface area (TPSA) is 35.5 Å². The molecule has 0 spiro atoms. The van der Waals surface area contributed by atoms with Crippen LogP contribution in [-0.2, 0) is 0 Å². The van der Waals surface area contributed by atoms with Gasteiger partial charge in [-0.3, -0.25) is 0 Å². The molecule has 18 heavy (non-hydrogen) atoms. The first kappa shape index (κ1) is 15.7. The van der Waals surface area contributed by atoms with Gasteiger partial charge in [0.05, 0.1) is 0 Å². The Bertz CT molecular complexity index is 238. The van der Waals surface area contributed by atoms with Gasteiger partial charge in [0.2, 0.25) is 0 Å². The minimum absolute atomic E-state index is 0.298. The molecular formula is C12H23F3N2O. The Hall–Kier alpha value is -0.330. The number of hydrogen-bond donors (Lipinski definition) is 2. The first-order valence-electron chi connectivity index (χ1n) is 6.49. The number of alkyl halides is 3. The van der Waals surface area contributed by atoms with Crippen LogP contribution >= 0.6 is 0 Å². The number of piperidine rings is 1. The van der Waals surface area contributed by atoms with E-state index in [1.165, 1.54) is 0 Å². The Morgan fingerprint density at radius 3 is 2.28 bits per heavy atom. The van der Waals surface area contributed by atoms with Gasteiger partial charge in [0, 0.05) is 12.6 Å². The average molecular weight is 268 g/mol. The molecule has 6 heteroatoms. The molecule has 1 rings (SSSR count). The molecule has 0 aromatic carbocycles. The van der Waals surface area contributed by atoms with Gasteiger partial charge >= 0.3 is 6.18 Å². The minimum Gasteiger partial charge on any atom is -0.382 e. The lowest BCUT2D eigenvalue weighted by atomic mass is 9.96. The highest BCUT2D eigenvalue weighted by Gasteiger charge is 2.39. The molecule has 0 aromatic heterocycles. The van der Waals surface area contributed by atoms with Gasteiger partial charge in [-0.25, -0.2) is 0 Å². The maximum absolute atomic E-state index is 12.2. The molecule has 1 fully saturated rings. The summed E-state index contributed by atoms with van der Waals surface area (Å²) in [5.41, 5.74) is 0. The SMILES string of the molecule is CC(C)NCC1CCN(CC(O)C(F)(F)F)CC1. The highest BCUT2D eigenvalue weighted by atomic mass is 19.4. The maximum Gasteiger partial charge on any atom is 0.415 e. The zero-order valence-electron chi connectivity index (χ0n) is 11.0. The molecule has 1 heterocycles. The number of rotatable bonds is 5. The van der Waals surface area contributed by atoms with E-state index in [4.69, 9.17) is 5.11 Å². The minimum atomic E-state index is -4.50. The fraction of sp³-hybridized carbons (Fsp3) is 1.00. The summed E-state index contributed by atoms with van der Waals surface area (Å²) < 4.78 is 36.6. The van der Waals surface area contributed by atoms with Gasteiger partial charge in [0.1, 0.15) is 0 Å². The van der Waals surface area contributed by atoms with Crippen LogP contribution in [0.25, 0.3) is 0 Å². The van der Waals surface area contributed by atoms with E-state index in [1.54, 1.807) is 4.90 Å². The van der Waals surface area contributed by atoms with Crippen molar-refractivity contribution in [2.75, 3.05) is 26.2 Å². The molecule has 0 radical (unpaired) electrons. The lowest BCUT2D eigenvalue weighted by Crippen LogP contribution is -2.45. The van der Waals surface area contributed by atoms with Gasteiger partial charge in [-0.15, -0.1) is 0 Å². The van der Waals surface area contributed by atoms with Crippen molar-refractivity contribution >= 4 is 0 Å². The zero-order chi connectivity index (χ0) is 13.8. The fourth-order valence-corrected chi connectivity index (χ4v) is 2.12. The van der Waals surface area contributed by atoms with Crippen molar-refractivity contribution in [1.82, 2.24) is 10.2 Å². The summed E-state index contributed by atoms with van der Waals surface area (Å²) >= 11 is 0. The van der Waals surface area contributed by atoms with Crippen LogP contribution in [0.1, 0.15) is 26.7 Å². The first-order valence-corrected chi connectivity index (χ1v) is 6.49. The van der Waals surface area contributed by atoms with Gasteiger partial charge in [-0.05, 0) is 38.4 Å². The Morgan fingerprint density at radius 2 is 1.83 bits per heavy atom. The average Bonchev–Trinajstić information content (AvgIpc) is 2.26. The van der Waals surface area contributed by atoms with Crippen molar-refractivity contribution in [2.45, 2.75) is 45.0 Å². The summed E-state index contributed by atoms with van der Waals surface area (Å²) in [5.74, 6) is 0.534. The zero-order valence-corrected chi connectivity index (χ0v) is 11.0. The molecular weight excluding hydrogens is 245 g/mol. The molecule has 1 unspecified atom stereocenters. The fourth-order valence-electron chi connectivity index (χ4n) is 2.12. The molecule has 0 aliphatic carbocycles. The van der Waals surface area contributed by atoms with Crippen LogP contribution in [0.5, 0.6) is 0 Å². The summed E-state index contributed by atoms with van der Waals surface area (Å²) in [7, 11) is 0. The molecule has 0 saturated carbocycles. The van der Waals surface area contributed by atoms with Crippen molar-refractivity contribution < 1.29 is 18.3 Å². The van der Waals surface area contributed by atoms with Gasteiger partial charge in [0.25, 0.3) is 0 Å². The highest BCUT2D eigenvalue weighted by Crippen LogP contribution is 2.23. The molecule has 0 amide bonds. The van der Waals surface area contributed by atoms with Crippen LogP contribution in [0.4, 0.5) is 13.2 Å². The summed E-state index contributed by atoms with van der Waals surface area (Å²) in [6, 6.07) is 0.440. The predicted molar refractivity (Wildman–Crippen MR) is 64.4 cm³/mol. The van der Waals surface area contributed by atoms with Crippen molar-refractivity contribution in [1.29, 1.82) is 0 Å². The monoisotopic (exact) mass is 268 g/mol. The molecule has 1 aliphatic rings. The third-order valence-electron chi connectivity index (χ3n) is 3.33. The summed E-state index contributed by atoms with van der Waals surface area (Å²) in [6.07, 6.45) is -4.94. The van der Waals surface area contributed by atoms with Crippen LogP contribution in [0.3, 0.4) is 0 Å². The van der Waals surface area contributed by atoms with E-state index < -0.39 is 12.3 Å². The van der Waals surface area contributed by atoms with E-state index in [1.807, 2.05) is 0 Å². The molecule has 0 aromatic rings. The van der Waals surface area contributed by atoms with E-state index in [2.05, 4.69) is 19.2 Å². The third kappa shape index (κ3) is 5.54. The number of halogens is 3. The Balaban J connectivity index is 2.23. The number of nitrogens with one attached hydrogen (secondary N) is 1.